The van der Waals surface area contributed by atoms with E-state index in [1.807, 2.05) is 0 Å². The van der Waals surface area contributed by atoms with Gasteiger partial charge in [-0.3, -0.25) is 4.79 Å². The first kappa shape index (κ1) is 30.7. The van der Waals surface area contributed by atoms with Crippen molar-refractivity contribution in [3.05, 3.63) is 70.8 Å². The predicted molar refractivity (Wildman–Crippen MR) is 141 cm³/mol. The van der Waals surface area contributed by atoms with Crippen LogP contribution in [0.15, 0.2) is 42.5 Å². The summed E-state index contributed by atoms with van der Waals surface area (Å²) >= 11 is 0. The van der Waals surface area contributed by atoms with Crippen LogP contribution in [0.1, 0.15) is 57.2 Å². The Balaban J connectivity index is 1.59. The average molecular weight is 583 g/mol. The van der Waals surface area contributed by atoms with E-state index in [1.165, 1.54) is 23.1 Å². The molecule has 4 rings (SSSR count). The monoisotopic (exact) mass is 582 g/mol. The first-order valence-electron chi connectivity index (χ1n) is 13.5. The Bertz CT molecular complexity index is 1280. The fourth-order valence-electron chi connectivity index (χ4n) is 6.06. The van der Waals surface area contributed by atoms with Crippen LogP contribution >= 0.6 is 0 Å². The van der Waals surface area contributed by atoms with Gasteiger partial charge in [0.2, 0.25) is 5.91 Å². The summed E-state index contributed by atoms with van der Waals surface area (Å²) < 4.78 is 73.3. The van der Waals surface area contributed by atoms with E-state index >= 15 is 0 Å². The van der Waals surface area contributed by atoms with E-state index in [9.17, 15) is 36.6 Å². The van der Waals surface area contributed by atoms with Gasteiger partial charge in [-0.25, -0.2) is 13.6 Å². The summed E-state index contributed by atoms with van der Waals surface area (Å²) in [6, 6.07) is 7.49. The summed E-state index contributed by atoms with van der Waals surface area (Å²) in [5.41, 5.74) is -2.69. The van der Waals surface area contributed by atoms with Crippen molar-refractivity contribution >= 4 is 12.0 Å². The van der Waals surface area contributed by atoms with Crippen LogP contribution in [0.25, 0.3) is 0 Å². The van der Waals surface area contributed by atoms with Crippen LogP contribution in [0.5, 0.6) is 0 Å². The fraction of sp³-hybridized carbons (Fsp3) is 0.533. The zero-order chi connectivity index (χ0) is 30.5. The van der Waals surface area contributed by atoms with E-state index < -0.39 is 64.3 Å². The van der Waals surface area contributed by atoms with Gasteiger partial charge in [0, 0.05) is 50.0 Å². The van der Waals surface area contributed by atoms with Gasteiger partial charge in [0.1, 0.15) is 17.2 Å². The van der Waals surface area contributed by atoms with Crippen molar-refractivity contribution < 1.29 is 41.4 Å². The van der Waals surface area contributed by atoms with E-state index in [-0.39, 0.29) is 37.6 Å². The molecule has 5 atom stereocenters. The summed E-state index contributed by atoms with van der Waals surface area (Å²) in [6.45, 7) is 8.66. The minimum absolute atomic E-state index is 0.0116. The number of likely N-dealkylation sites (tertiary alicyclic amines) is 2. The molecule has 2 fully saturated rings. The number of carbonyl (C=O) groups is 2. The molecule has 0 aromatic heterocycles. The number of nitrogens with zero attached hydrogens (tertiary/aromatic N) is 2. The third-order valence-corrected chi connectivity index (χ3v) is 8.13. The Morgan fingerprint density at radius 2 is 1.49 bits per heavy atom. The first-order valence-corrected chi connectivity index (χ1v) is 13.5. The Kier molecular flexibility index (Phi) is 8.16. The molecule has 2 heterocycles. The van der Waals surface area contributed by atoms with Gasteiger partial charge in [0.25, 0.3) is 0 Å². The fourth-order valence-corrected chi connectivity index (χ4v) is 6.06. The second-order valence-corrected chi connectivity index (χ2v) is 12.2. The molecule has 2 amide bonds. The van der Waals surface area contributed by atoms with Crippen LogP contribution in [0, 0.1) is 29.4 Å². The van der Waals surface area contributed by atoms with Crippen LogP contribution in [0.2, 0.25) is 0 Å². The molecule has 0 saturated carbocycles. The lowest BCUT2D eigenvalue weighted by atomic mass is 9.70. The first-order chi connectivity index (χ1) is 18.9. The van der Waals surface area contributed by atoms with E-state index in [2.05, 4.69) is 0 Å². The molecular formula is C30H35F5N2O4. The number of aliphatic hydroxyl groups is 1. The molecule has 2 aromatic rings. The number of hydrogen-bond donors (Lipinski definition) is 1. The number of alkyl halides is 3. The number of hydrogen-bond acceptors (Lipinski definition) is 4. The topological polar surface area (TPSA) is 70.1 Å². The Labute approximate surface area is 236 Å². The molecule has 1 N–H and O–H groups in total. The summed E-state index contributed by atoms with van der Waals surface area (Å²) in [4.78, 5) is 29.7. The minimum atomic E-state index is -4.51. The van der Waals surface area contributed by atoms with Gasteiger partial charge in [-0.2, -0.15) is 13.2 Å². The molecule has 2 aliphatic rings. The quantitative estimate of drug-likeness (QED) is 0.455. The van der Waals surface area contributed by atoms with Crippen molar-refractivity contribution in [1.82, 2.24) is 9.80 Å². The molecule has 2 aromatic carbocycles. The Hall–Kier alpha value is -3.21. The molecule has 2 aliphatic heterocycles. The predicted octanol–water partition coefficient (Wildman–Crippen LogP) is 5.94. The van der Waals surface area contributed by atoms with Crippen LogP contribution in [0.4, 0.5) is 26.7 Å². The normalized spacial score (nSPS) is 27.2. The summed E-state index contributed by atoms with van der Waals surface area (Å²) in [6.07, 6.45) is -5.17. The van der Waals surface area contributed by atoms with Crippen molar-refractivity contribution in [3.8, 4) is 0 Å². The van der Waals surface area contributed by atoms with Crippen molar-refractivity contribution in [2.75, 3.05) is 26.2 Å². The maximum Gasteiger partial charge on any atom is 0.416 e. The molecular weight excluding hydrogens is 547 g/mol. The molecule has 224 valence electrons. The summed E-state index contributed by atoms with van der Waals surface area (Å²) in [5, 5.41) is 11.7. The number of ether oxygens (including phenoxy) is 1. The van der Waals surface area contributed by atoms with Gasteiger partial charge in [-0.15, -0.1) is 0 Å². The lowest BCUT2D eigenvalue weighted by Crippen LogP contribution is -2.57. The number of piperidine rings is 1. The lowest BCUT2D eigenvalue weighted by Gasteiger charge is -2.48. The SMILES string of the molecule is C[C@@H]1CN(C(=O)[C@@H]2CN(C(=O)OC(C)(C)C)C[C@H]2c2ccc(F)cc2F)C[C@H](C)[C@@]1(O)c1ccc(C(F)(F)F)cc1. The Morgan fingerprint density at radius 1 is 0.902 bits per heavy atom. The number of amides is 2. The number of carbonyl (C=O) groups excluding carboxylic acids is 2. The highest BCUT2D eigenvalue weighted by molar-refractivity contribution is 5.82. The largest absolute Gasteiger partial charge is 0.444 e. The standard InChI is InChI=1S/C30H35F5N2O4/c1-17-13-36(14-18(2)29(17,40)19-6-8-20(9-7-19)30(33,34)35)26(38)24-16-37(27(39)41-28(3,4)5)15-23(24)22-11-10-21(31)12-25(22)32/h6-12,17-18,23-24,40H,13-16H2,1-5H3/t17-,18+,23-,24+,29-/m0/s1. The second-order valence-electron chi connectivity index (χ2n) is 12.2. The van der Waals surface area contributed by atoms with Crippen molar-refractivity contribution in [2.24, 2.45) is 17.8 Å². The molecule has 0 bridgehead atoms. The van der Waals surface area contributed by atoms with Gasteiger partial charge in [-0.05, 0) is 50.1 Å². The van der Waals surface area contributed by atoms with Gasteiger partial charge >= 0.3 is 12.3 Å². The molecule has 6 nitrogen and oxygen atoms in total. The highest BCUT2D eigenvalue weighted by Gasteiger charge is 2.50. The van der Waals surface area contributed by atoms with Crippen LogP contribution in [-0.2, 0) is 21.3 Å². The number of rotatable bonds is 3. The summed E-state index contributed by atoms with van der Waals surface area (Å²) in [5.74, 6) is -4.70. The van der Waals surface area contributed by atoms with E-state index in [1.54, 1.807) is 39.5 Å². The highest BCUT2D eigenvalue weighted by Crippen LogP contribution is 2.44. The van der Waals surface area contributed by atoms with E-state index in [0.29, 0.717) is 5.56 Å². The highest BCUT2D eigenvalue weighted by atomic mass is 19.4. The molecule has 0 radical (unpaired) electrons. The molecule has 0 aliphatic carbocycles. The minimum Gasteiger partial charge on any atom is -0.444 e. The van der Waals surface area contributed by atoms with Crippen LogP contribution in [0.3, 0.4) is 0 Å². The van der Waals surface area contributed by atoms with Crippen LogP contribution in [-0.4, -0.2) is 58.7 Å². The van der Waals surface area contributed by atoms with Gasteiger partial charge in [0.05, 0.1) is 17.1 Å². The third-order valence-electron chi connectivity index (χ3n) is 8.13. The van der Waals surface area contributed by atoms with Gasteiger partial charge < -0.3 is 19.6 Å². The third kappa shape index (κ3) is 6.19. The van der Waals surface area contributed by atoms with Crippen molar-refractivity contribution in [2.45, 2.75) is 57.9 Å². The molecule has 11 heteroatoms. The van der Waals surface area contributed by atoms with Crippen molar-refractivity contribution in [3.63, 3.8) is 0 Å². The van der Waals surface area contributed by atoms with E-state index in [4.69, 9.17) is 4.74 Å². The zero-order valence-corrected chi connectivity index (χ0v) is 23.6. The maximum atomic E-state index is 14.9. The molecule has 41 heavy (non-hydrogen) atoms. The van der Waals surface area contributed by atoms with Crippen molar-refractivity contribution in [1.29, 1.82) is 0 Å². The zero-order valence-electron chi connectivity index (χ0n) is 23.6. The summed E-state index contributed by atoms with van der Waals surface area (Å²) in [7, 11) is 0. The number of benzene rings is 2. The van der Waals surface area contributed by atoms with Gasteiger partial charge in [-0.1, -0.05) is 32.0 Å². The van der Waals surface area contributed by atoms with Crippen LogP contribution < -0.4 is 0 Å². The van der Waals surface area contributed by atoms with E-state index in [0.717, 1.165) is 24.3 Å². The Morgan fingerprint density at radius 3 is 2.00 bits per heavy atom. The lowest BCUT2D eigenvalue weighted by molar-refractivity contribution is -0.153. The second kappa shape index (κ2) is 10.9. The average Bonchev–Trinajstić information content (AvgIpc) is 3.30. The molecule has 0 spiro atoms. The molecule has 0 unspecified atom stereocenters. The maximum absolute atomic E-state index is 14.9. The molecule has 2 saturated heterocycles. The van der Waals surface area contributed by atoms with Gasteiger partial charge in [0.15, 0.2) is 0 Å². The smallest absolute Gasteiger partial charge is 0.416 e. The number of halogens is 5.